The Bertz CT molecular complexity index is 1160. The van der Waals surface area contributed by atoms with E-state index in [9.17, 15) is 0 Å². The molecule has 6 rings (SSSR count). The third-order valence-corrected chi connectivity index (χ3v) is 7.32. The Morgan fingerprint density at radius 1 is 1.03 bits per heavy atom. The maximum absolute atomic E-state index is 6.72. The molecule has 3 aromatic carbocycles. The Morgan fingerprint density at radius 2 is 1.83 bits per heavy atom. The zero-order chi connectivity index (χ0) is 20.3. The first kappa shape index (κ1) is 18.4. The molecule has 3 aliphatic rings. The quantitative estimate of drug-likeness (QED) is 0.474. The van der Waals surface area contributed by atoms with Crippen molar-refractivity contribution in [1.29, 1.82) is 0 Å². The van der Waals surface area contributed by atoms with E-state index in [2.05, 4.69) is 93.6 Å². The summed E-state index contributed by atoms with van der Waals surface area (Å²) in [5, 5.41) is 10.1. The lowest BCUT2D eigenvalue weighted by atomic mass is 9.90. The third kappa shape index (κ3) is 2.79. The molecule has 0 unspecified atom stereocenters. The van der Waals surface area contributed by atoms with Gasteiger partial charge in [-0.15, -0.1) is 0 Å². The molecule has 5 heteroatoms. The average Bonchev–Trinajstić information content (AvgIpc) is 3.23. The predicted octanol–water partition coefficient (Wildman–Crippen LogP) is 5.57. The van der Waals surface area contributed by atoms with E-state index >= 15 is 0 Å². The Kier molecular flexibility index (Phi) is 4.19. The molecule has 0 bridgehead atoms. The molecule has 0 radical (unpaired) electrons. The Labute approximate surface area is 185 Å². The summed E-state index contributed by atoms with van der Waals surface area (Å²) >= 11 is 3.66. The van der Waals surface area contributed by atoms with Crippen molar-refractivity contribution in [3.05, 3.63) is 76.3 Å². The van der Waals surface area contributed by atoms with Crippen molar-refractivity contribution in [3.63, 3.8) is 0 Å². The van der Waals surface area contributed by atoms with Crippen molar-refractivity contribution in [3.8, 4) is 5.75 Å². The number of ether oxygens (including phenoxy) is 1. The van der Waals surface area contributed by atoms with Gasteiger partial charge in [0.25, 0.3) is 0 Å². The fourth-order valence-corrected chi connectivity index (χ4v) is 5.57. The molecule has 3 heterocycles. The van der Waals surface area contributed by atoms with E-state index in [1.165, 1.54) is 21.9 Å². The fraction of sp³-hybridized carbons (Fsp3) is 0.320. The Hall–Kier alpha value is -2.37. The first-order valence-corrected chi connectivity index (χ1v) is 11.4. The van der Waals surface area contributed by atoms with E-state index in [0.717, 1.165) is 48.3 Å². The molecule has 0 aliphatic carbocycles. The van der Waals surface area contributed by atoms with Gasteiger partial charge in [-0.3, -0.25) is 0 Å². The number of hydrogen-bond acceptors (Lipinski definition) is 4. The van der Waals surface area contributed by atoms with Crippen molar-refractivity contribution < 1.29 is 4.74 Å². The lowest BCUT2D eigenvalue weighted by Gasteiger charge is -2.50. The number of likely N-dealkylation sites (tertiary alicyclic amines) is 1. The van der Waals surface area contributed by atoms with Gasteiger partial charge in [-0.1, -0.05) is 58.4 Å². The number of rotatable bonds is 1. The van der Waals surface area contributed by atoms with Crippen LogP contribution in [-0.4, -0.2) is 41.5 Å². The van der Waals surface area contributed by atoms with E-state index in [-0.39, 0.29) is 11.8 Å². The smallest absolute Gasteiger partial charge is 0.200 e. The van der Waals surface area contributed by atoms with Crippen LogP contribution < -0.4 is 4.74 Å². The normalized spacial score (nSPS) is 22.5. The van der Waals surface area contributed by atoms with Gasteiger partial charge in [0.05, 0.1) is 11.8 Å². The molecular formula is C25H24BrN3O. The van der Waals surface area contributed by atoms with Crippen LogP contribution in [0.4, 0.5) is 0 Å². The highest BCUT2D eigenvalue weighted by atomic mass is 79.9. The summed E-state index contributed by atoms with van der Waals surface area (Å²) in [5.74, 6) is 1.01. The van der Waals surface area contributed by atoms with Crippen LogP contribution >= 0.6 is 15.9 Å². The highest BCUT2D eigenvalue weighted by Gasteiger charge is 2.51. The van der Waals surface area contributed by atoms with E-state index in [4.69, 9.17) is 9.84 Å². The summed E-state index contributed by atoms with van der Waals surface area (Å²) in [4.78, 5) is 2.38. The Balaban J connectivity index is 1.49. The summed E-state index contributed by atoms with van der Waals surface area (Å²) in [5.41, 5.74) is 3.27. The number of hydrogen-bond donors (Lipinski definition) is 0. The second-order valence-corrected chi connectivity index (χ2v) is 9.59. The number of halogens is 1. The van der Waals surface area contributed by atoms with E-state index in [1.807, 2.05) is 0 Å². The van der Waals surface area contributed by atoms with Crippen LogP contribution in [0.1, 0.15) is 36.4 Å². The molecule has 1 atom stereocenters. The summed E-state index contributed by atoms with van der Waals surface area (Å²) < 4.78 is 7.81. The molecular weight excluding hydrogens is 438 g/mol. The number of hydrazone groups is 1. The second-order valence-electron chi connectivity index (χ2n) is 8.67. The molecule has 0 saturated carbocycles. The first-order chi connectivity index (χ1) is 14.6. The summed E-state index contributed by atoms with van der Waals surface area (Å²) in [6.45, 7) is 2.04. The largest absolute Gasteiger partial charge is 0.466 e. The predicted molar refractivity (Wildman–Crippen MR) is 124 cm³/mol. The van der Waals surface area contributed by atoms with Gasteiger partial charge in [0.15, 0.2) is 0 Å². The van der Waals surface area contributed by atoms with Crippen LogP contribution in [-0.2, 0) is 0 Å². The van der Waals surface area contributed by atoms with E-state index in [1.54, 1.807) is 0 Å². The number of benzene rings is 3. The van der Waals surface area contributed by atoms with Crippen LogP contribution in [0.25, 0.3) is 10.8 Å². The fourth-order valence-electron chi connectivity index (χ4n) is 5.19. The maximum atomic E-state index is 6.72. The molecule has 1 spiro atoms. The van der Waals surface area contributed by atoms with Crippen molar-refractivity contribution in [2.45, 2.75) is 31.0 Å². The monoisotopic (exact) mass is 461 g/mol. The minimum Gasteiger partial charge on any atom is -0.466 e. The molecule has 30 heavy (non-hydrogen) atoms. The van der Waals surface area contributed by atoms with Gasteiger partial charge in [0.1, 0.15) is 5.75 Å². The number of piperidine rings is 1. The molecule has 3 aromatic rings. The molecule has 1 fully saturated rings. The van der Waals surface area contributed by atoms with Gasteiger partial charge in [-0.25, -0.2) is 5.01 Å². The van der Waals surface area contributed by atoms with Gasteiger partial charge in [0.2, 0.25) is 5.72 Å². The minimum absolute atomic E-state index is 0.212. The van der Waals surface area contributed by atoms with Gasteiger partial charge >= 0.3 is 0 Å². The lowest BCUT2D eigenvalue weighted by Crippen LogP contribution is -2.58. The number of nitrogens with zero attached hydrogens (tertiary/aromatic N) is 3. The van der Waals surface area contributed by atoms with Gasteiger partial charge in [0, 0.05) is 48.0 Å². The highest BCUT2D eigenvalue weighted by molar-refractivity contribution is 9.10. The van der Waals surface area contributed by atoms with Crippen LogP contribution in [0.2, 0.25) is 0 Å². The maximum Gasteiger partial charge on any atom is 0.200 e. The molecule has 4 nitrogen and oxygen atoms in total. The zero-order valence-electron chi connectivity index (χ0n) is 17.0. The summed E-state index contributed by atoms with van der Waals surface area (Å²) in [7, 11) is 2.19. The lowest BCUT2D eigenvalue weighted by molar-refractivity contribution is -0.147. The topological polar surface area (TPSA) is 28.1 Å². The molecule has 0 N–H and O–H groups in total. The second kappa shape index (κ2) is 6.82. The standard InChI is InChI=1S/C25H24BrN3O/c1-28-13-11-25(12-14-28)29-23(21-15-18(26)9-10-24(21)30-25)16-22(27-29)20-8-4-6-17-5-2-3-7-19(17)20/h2-10,15,23H,11-14,16H2,1H3/t23-/m1/s1. The third-order valence-electron chi connectivity index (χ3n) is 6.83. The van der Waals surface area contributed by atoms with Crippen LogP contribution in [0.15, 0.2) is 70.2 Å². The Morgan fingerprint density at radius 3 is 2.70 bits per heavy atom. The first-order valence-electron chi connectivity index (χ1n) is 10.6. The van der Waals surface area contributed by atoms with Crippen molar-refractivity contribution in [1.82, 2.24) is 9.91 Å². The van der Waals surface area contributed by atoms with Gasteiger partial charge in [-0.2, -0.15) is 5.10 Å². The zero-order valence-corrected chi connectivity index (χ0v) is 18.6. The SMILES string of the molecule is CN1CCC2(CC1)Oc1ccc(Br)cc1[C@H]1CC(c3cccc4ccccc34)=NN12. The number of fused-ring (bicyclic) bond motifs is 5. The molecule has 0 aromatic heterocycles. The molecule has 1 saturated heterocycles. The van der Waals surface area contributed by atoms with Crippen molar-refractivity contribution >= 4 is 32.4 Å². The van der Waals surface area contributed by atoms with E-state index < -0.39 is 0 Å². The molecule has 3 aliphatic heterocycles. The molecule has 152 valence electrons. The van der Waals surface area contributed by atoms with Crippen LogP contribution in [0.3, 0.4) is 0 Å². The van der Waals surface area contributed by atoms with E-state index in [0.29, 0.717) is 0 Å². The van der Waals surface area contributed by atoms with Gasteiger partial charge < -0.3 is 9.64 Å². The summed E-state index contributed by atoms with van der Waals surface area (Å²) in [6.07, 6.45) is 2.82. The van der Waals surface area contributed by atoms with Crippen LogP contribution in [0.5, 0.6) is 5.75 Å². The highest BCUT2D eigenvalue weighted by Crippen LogP contribution is 2.50. The summed E-state index contributed by atoms with van der Waals surface area (Å²) in [6, 6.07) is 21.7. The van der Waals surface area contributed by atoms with Crippen molar-refractivity contribution in [2.75, 3.05) is 20.1 Å². The van der Waals surface area contributed by atoms with Crippen LogP contribution in [0, 0.1) is 0 Å². The van der Waals surface area contributed by atoms with Gasteiger partial charge in [-0.05, 0) is 36.0 Å². The molecule has 0 amide bonds. The minimum atomic E-state index is -0.357. The van der Waals surface area contributed by atoms with Crippen molar-refractivity contribution in [2.24, 2.45) is 5.10 Å². The average molecular weight is 462 g/mol.